The van der Waals surface area contributed by atoms with E-state index < -0.39 is 0 Å². The largest absolute Gasteiger partial charge is 0.346 e. The van der Waals surface area contributed by atoms with Crippen molar-refractivity contribution in [2.75, 3.05) is 0 Å². The average molecular weight is 366 g/mol. The number of aromatic nitrogens is 7. The first-order valence-electron chi connectivity index (χ1n) is 9.22. The lowest BCUT2D eigenvalue weighted by Crippen LogP contribution is -2.30. The summed E-state index contributed by atoms with van der Waals surface area (Å²) in [6.45, 7) is 1.95. The molecule has 0 bridgehead atoms. The Morgan fingerprint density at radius 2 is 1.96 bits per heavy atom. The Morgan fingerprint density at radius 1 is 1.19 bits per heavy atom. The Balaban J connectivity index is 1.37. The van der Waals surface area contributed by atoms with Crippen LogP contribution in [0.5, 0.6) is 0 Å². The maximum atomic E-state index is 12.5. The van der Waals surface area contributed by atoms with Crippen LogP contribution in [-0.4, -0.2) is 40.9 Å². The van der Waals surface area contributed by atoms with Gasteiger partial charge in [-0.2, -0.15) is 0 Å². The van der Waals surface area contributed by atoms with Crippen molar-refractivity contribution in [2.24, 2.45) is 0 Å². The van der Waals surface area contributed by atoms with Crippen molar-refractivity contribution in [3.8, 4) is 5.69 Å². The average Bonchev–Trinajstić information content (AvgIpc) is 3.43. The molecule has 1 N–H and O–H groups in total. The Labute approximate surface area is 156 Å². The highest BCUT2D eigenvalue weighted by Gasteiger charge is 2.23. The van der Waals surface area contributed by atoms with Crippen LogP contribution in [0.25, 0.3) is 5.69 Å². The molecule has 4 rings (SSSR count). The number of amides is 1. The standard InChI is InChI=1S/C18H22N8O/c1-13(18-22-19-11-25(18)15-4-2-3-5-15)21-17(27)10-14-6-8-16(9-7-14)26-12-20-23-24-26/h6-9,11-13,15H,2-5,10H2,1H3,(H,21,27)/t13-/m0/s1. The molecule has 1 fully saturated rings. The fraction of sp³-hybridized carbons (Fsp3) is 0.444. The summed E-state index contributed by atoms with van der Waals surface area (Å²) in [7, 11) is 0. The molecule has 27 heavy (non-hydrogen) atoms. The van der Waals surface area contributed by atoms with Crippen molar-refractivity contribution in [1.82, 2.24) is 40.3 Å². The monoisotopic (exact) mass is 366 g/mol. The molecular weight excluding hydrogens is 344 g/mol. The van der Waals surface area contributed by atoms with E-state index in [4.69, 9.17) is 0 Å². The number of benzene rings is 1. The molecule has 1 amide bonds. The van der Waals surface area contributed by atoms with E-state index in [2.05, 4.69) is 35.6 Å². The maximum Gasteiger partial charge on any atom is 0.224 e. The quantitative estimate of drug-likeness (QED) is 0.713. The zero-order chi connectivity index (χ0) is 18.6. The number of hydrogen-bond donors (Lipinski definition) is 1. The first-order chi connectivity index (χ1) is 13.2. The number of hydrogen-bond acceptors (Lipinski definition) is 6. The summed E-state index contributed by atoms with van der Waals surface area (Å²) in [5.74, 6) is 0.780. The highest BCUT2D eigenvalue weighted by molar-refractivity contribution is 5.78. The van der Waals surface area contributed by atoms with E-state index in [1.165, 1.54) is 19.2 Å². The molecule has 1 atom stereocenters. The van der Waals surface area contributed by atoms with Gasteiger partial charge >= 0.3 is 0 Å². The van der Waals surface area contributed by atoms with Gasteiger partial charge in [0.15, 0.2) is 5.82 Å². The topological polar surface area (TPSA) is 103 Å². The second kappa shape index (κ2) is 7.65. The number of tetrazole rings is 1. The summed E-state index contributed by atoms with van der Waals surface area (Å²) in [6.07, 6.45) is 8.40. The number of rotatable bonds is 6. The van der Waals surface area contributed by atoms with Gasteiger partial charge in [-0.05, 0) is 47.9 Å². The zero-order valence-corrected chi connectivity index (χ0v) is 15.2. The smallest absolute Gasteiger partial charge is 0.224 e. The second-order valence-electron chi connectivity index (χ2n) is 6.92. The van der Waals surface area contributed by atoms with E-state index in [-0.39, 0.29) is 11.9 Å². The van der Waals surface area contributed by atoms with Gasteiger partial charge in [0.05, 0.1) is 18.2 Å². The van der Waals surface area contributed by atoms with Gasteiger partial charge in [0, 0.05) is 6.04 Å². The van der Waals surface area contributed by atoms with E-state index >= 15 is 0 Å². The van der Waals surface area contributed by atoms with Crippen molar-refractivity contribution in [3.05, 3.63) is 48.3 Å². The summed E-state index contributed by atoms with van der Waals surface area (Å²) in [5.41, 5.74) is 1.77. The fourth-order valence-electron chi connectivity index (χ4n) is 3.61. The Morgan fingerprint density at radius 3 is 2.67 bits per heavy atom. The number of carbonyl (C=O) groups is 1. The van der Waals surface area contributed by atoms with Gasteiger partial charge in [0.25, 0.3) is 0 Å². The molecule has 1 aliphatic rings. The van der Waals surface area contributed by atoms with Gasteiger partial charge in [-0.25, -0.2) is 4.68 Å². The molecule has 2 aromatic heterocycles. The first kappa shape index (κ1) is 17.3. The van der Waals surface area contributed by atoms with Crippen molar-refractivity contribution in [1.29, 1.82) is 0 Å². The van der Waals surface area contributed by atoms with Crippen molar-refractivity contribution >= 4 is 5.91 Å². The molecule has 0 radical (unpaired) electrons. The maximum absolute atomic E-state index is 12.5. The minimum absolute atomic E-state index is 0.0429. The van der Waals surface area contributed by atoms with Crippen LogP contribution in [0.3, 0.4) is 0 Å². The van der Waals surface area contributed by atoms with E-state index in [9.17, 15) is 4.79 Å². The normalized spacial score (nSPS) is 15.7. The van der Waals surface area contributed by atoms with Crippen LogP contribution < -0.4 is 5.32 Å². The molecular formula is C18H22N8O. The molecule has 9 heteroatoms. The van der Waals surface area contributed by atoms with Crippen LogP contribution >= 0.6 is 0 Å². The number of nitrogens with one attached hydrogen (secondary N) is 1. The van der Waals surface area contributed by atoms with Gasteiger partial charge in [-0.1, -0.05) is 25.0 Å². The third kappa shape index (κ3) is 3.86. The molecule has 3 aromatic rings. The number of carbonyl (C=O) groups excluding carboxylic acids is 1. The van der Waals surface area contributed by atoms with Crippen molar-refractivity contribution in [3.63, 3.8) is 0 Å². The Kier molecular flexibility index (Phi) is 4.91. The zero-order valence-electron chi connectivity index (χ0n) is 15.2. The molecule has 140 valence electrons. The van der Waals surface area contributed by atoms with E-state index in [1.54, 1.807) is 11.0 Å². The lowest BCUT2D eigenvalue weighted by Gasteiger charge is -2.18. The van der Waals surface area contributed by atoms with Gasteiger partial charge in [-0.15, -0.1) is 15.3 Å². The molecule has 0 saturated heterocycles. The van der Waals surface area contributed by atoms with Gasteiger partial charge < -0.3 is 9.88 Å². The third-order valence-corrected chi connectivity index (χ3v) is 5.00. The Hall–Kier alpha value is -3.10. The first-order valence-corrected chi connectivity index (χ1v) is 9.22. The summed E-state index contributed by atoms with van der Waals surface area (Å²) < 4.78 is 3.70. The van der Waals surface area contributed by atoms with Crippen LogP contribution in [0, 0.1) is 0 Å². The summed E-state index contributed by atoms with van der Waals surface area (Å²) in [5, 5.41) is 22.4. The lowest BCUT2D eigenvalue weighted by molar-refractivity contribution is -0.121. The molecule has 0 spiro atoms. The molecule has 2 heterocycles. The second-order valence-corrected chi connectivity index (χ2v) is 6.92. The van der Waals surface area contributed by atoms with Crippen LogP contribution in [0.4, 0.5) is 0 Å². The molecule has 9 nitrogen and oxygen atoms in total. The minimum atomic E-state index is -0.180. The minimum Gasteiger partial charge on any atom is -0.346 e. The predicted octanol–water partition coefficient (Wildman–Crippen LogP) is 1.79. The molecule has 1 aliphatic carbocycles. The van der Waals surface area contributed by atoms with Crippen molar-refractivity contribution in [2.45, 2.75) is 51.1 Å². The molecule has 0 aliphatic heterocycles. The fourth-order valence-corrected chi connectivity index (χ4v) is 3.61. The molecule has 1 saturated carbocycles. The Bertz CT molecular complexity index is 880. The molecule has 0 unspecified atom stereocenters. The lowest BCUT2D eigenvalue weighted by atomic mass is 10.1. The van der Waals surface area contributed by atoms with Crippen LogP contribution in [0.2, 0.25) is 0 Å². The van der Waals surface area contributed by atoms with Gasteiger partial charge in [0.1, 0.15) is 12.7 Å². The van der Waals surface area contributed by atoms with Gasteiger partial charge in [0.2, 0.25) is 5.91 Å². The van der Waals surface area contributed by atoms with E-state index in [0.717, 1.165) is 29.9 Å². The predicted molar refractivity (Wildman–Crippen MR) is 96.9 cm³/mol. The highest BCUT2D eigenvalue weighted by Crippen LogP contribution is 2.31. The summed E-state index contributed by atoms with van der Waals surface area (Å²) in [6, 6.07) is 7.86. The van der Waals surface area contributed by atoms with Crippen LogP contribution in [0.15, 0.2) is 36.9 Å². The SMILES string of the molecule is C[C@H](NC(=O)Cc1ccc(-n2cnnn2)cc1)c1nncn1C1CCCC1. The van der Waals surface area contributed by atoms with Gasteiger partial charge in [-0.3, -0.25) is 4.79 Å². The summed E-state index contributed by atoms with van der Waals surface area (Å²) >= 11 is 0. The third-order valence-electron chi connectivity index (χ3n) is 5.00. The molecule has 1 aromatic carbocycles. The highest BCUT2D eigenvalue weighted by atomic mass is 16.1. The van der Waals surface area contributed by atoms with Crippen molar-refractivity contribution < 1.29 is 4.79 Å². The van der Waals surface area contributed by atoms with E-state index in [0.29, 0.717) is 12.5 Å². The van der Waals surface area contributed by atoms with E-state index in [1.807, 2.05) is 31.2 Å². The van der Waals surface area contributed by atoms with Crippen LogP contribution in [-0.2, 0) is 11.2 Å². The summed E-state index contributed by atoms with van der Waals surface area (Å²) in [4.78, 5) is 12.5. The van der Waals surface area contributed by atoms with Crippen LogP contribution in [0.1, 0.15) is 56.1 Å². The number of nitrogens with zero attached hydrogens (tertiary/aromatic N) is 7.